The lowest BCUT2D eigenvalue weighted by Gasteiger charge is -2.13. The Hall–Kier alpha value is -1.02. The normalized spacial score (nSPS) is 21.4. The maximum atomic E-state index is 9.40. The highest BCUT2D eigenvalue weighted by atomic mass is 16.3. The second-order valence-electron chi connectivity index (χ2n) is 3.93. The van der Waals surface area contributed by atoms with Gasteiger partial charge in [0.05, 0.1) is 0 Å². The molecule has 2 heteroatoms. The number of phenols is 1. The summed E-state index contributed by atoms with van der Waals surface area (Å²) in [6, 6.07) is 5.77. The summed E-state index contributed by atoms with van der Waals surface area (Å²) in [6.07, 6.45) is 2.22. The molecule has 0 aliphatic carbocycles. The fourth-order valence-electron chi connectivity index (χ4n) is 2.22. The molecule has 1 heterocycles. The van der Waals surface area contributed by atoms with Crippen molar-refractivity contribution >= 4 is 0 Å². The molecule has 0 radical (unpaired) electrons. The Bertz CT molecular complexity index is 316. The van der Waals surface area contributed by atoms with Crippen LogP contribution in [0, 0.1) is 0 Å². The van der Waals surface area contributed by atoms with Crippen LogP contribution in [0.2, 0.25) is 0 Å². The Labute approximate surface area is 85.0 Å². The molecule has 1 aliphatic heterocycles. The Morgan fingerprint density at radius 3 is 3.00 bits per heavy atom. The van der Waals surface area contributed by atoms with Gasteiger partial charge in [0, 0.05) is 6.54 Å². The molecule has 1 aliphatic rings. The van der Waals surface area contributed by atoms with Gasteiger partial charge in [-0.05, 0) is 48.6 Å². The second kappa shape index (κ2) is 4.01. The van der Waals surface area contributed by atoms with Crippen molar-refractivity contribution in [3.8, 4) is 5.75 Å². The zero-order chi connectivity index (χ0) is 9.97. The van der Waals surface area contributed by atoms with Gasteiger partial charge in [-0.25, -0.2) is 0 Å². The Balaban J connectivity index is 2.31. The first-order chi connectivity index (χ1) is 6.81. The van der Waals surface area contributed by atoms with E-state index in [1.165, 1.54) is 17.5 Å². The van der Waals surface area contributed by atoms with Gasteiger partial charge in [0.2, 0.25) is 0 Å². The van der Waals surface area contributed by atoms with Gasteiger partial charge in [-0.2, -0.15) is 0 Å². The van der Waals surface area contributed by atoms with Gasteiger partial charge in [-0.1, -0.05) is 13.0 Å². The third-order valence-electron chi connectivity index (χ3n) is 3.01. The minimum absolute atomic E-state index is 0.386. The smallest absolute Gasteiger partial charge is 0.115 e. The fraction of sp³-hybridized carbons (Fsp3) is 0.500. The predicted octanol–water partition coefficient (Wildman–Crippen LogP) is 2.03. The van der Waals surface area contributed by atoms with Gasteiger partial charge < -0.3 is 10.4 Å². The molecule has 1 atom stereocenters. The van der Waals surface area contributed by atoms with Crippen LogP contribution in [-0.2, 0) is 6.42 Å². The summed E-state index contributed by atoms with van der Waals surface area (Å²) in [5, 5.41) is 12.8. The molecule has 0 unspecified atom stereocenters. The minimum Gasteiger partial charge on any atom is -0.508 e. The number of phenolic OH excluding ortho intramolecular Hbond substituents is 1. The second-order valence-corrected chi connectivity index (χ2v) is 3.93. The van der Waals surface area contributed by atoms with Crippen molar-refractivity contribution in [2.24, 2.45) is 0 Å². The van der Waals surface area contributed by atoms with Gasteiger partial charge in [-0.15, -0.1) is 0 Å². The minimum atomic E-state index is 0.386. The van der Waals surface area contributed by atoms with Crippen LogP contribution in [0.5, 0.6) is 5.75 Å². The molecular formula is C12H17NO. The highest BCUT2D eigenvalue weighted by Gasteiger charge is 2.18. The number of hydrogen-bond donors (Lipinski definition) is 2. The molecule has 0 bridgehead atoms. The van der Waals surface area contributed by atoms with Gasteiger partial charge >= 0.3 is 0 Å². The largest absolute Gasteiger partial charge is 0.508 e. The molecular weight excluding hydrogens is 174 g/mol. The third kappa shape index (κ3) is 1.75. The maximum absolute atomic E-state index is 9.40. The lowest BCUT2D eigenvalue weighted by molar-refractivity contribution is 0.474. The molecule has 2 N–H and O–H groups in total. The van der Waals surface area contributed by atoms with E-state index < -0.39 is 0 Å². The number of aryl methyl sites for hydroxylation is 1. The molecule has 2 rings (SSSR count). The van der Waals surface area contributed by atoms with Crippen molar-refractivity contribution in [2.75, 3.05) is 13.1 Å². The van der Waals surface area contributed by atoms with E-state index in [1.807, 2.05) is 6.07 Å². The molecule has 1 fully saturated rings. The summed E-state index contributed by atoms with van der Waals surface area (Å²) >= 11 is 0. The number of rotatable bonds is 2. The van der Waals surface area contributed by atoms with E-state index in [0.29, 0.717) is 11.7 Å². The topological polar surface area (TPSA) is 32.3 Å². The predicted molar refractivity (Wildman–Crippen MR) is 57.7 cm³/mol. The Kier molecular flexibility index (Phi) is 2.73. The Morgan fingerprint density at radius 1 is 1.50 bits per heavy atom. The first-order valence-corrected chi connectivity index (χ1v) is 5.33. The molecule has 2 nitrogen and oxygen atoms in total. The highest BCUT2D eigenvalue weighted by Crippen LogP contribution is 2.28. The number of aromatic hydroxyl groups is 1. The average molecular weight is 191 g/mol. The zero-order valence-corrected chi connectivity index (χ0v) is 8.59. The summed E-state index contributed by atoms with van der Waals surface area (Å²) < 4.78 is 0. The SMILES string of the molecule is CCc1cc(O)ccc1[C@@H]1CCNC1. The number of hydrogen-bond acceptors (Lipinski definition) is 2. The van der Waals surface area contributed by atoms with Crippen LogP contribution >= 0.6 is 0 Å². The molecule has 1 aromatic carbocycles. The molecule has 0 spiro atoms. The van der Waals surface area contributed by atoms with E-state index in [1.54, 1.807) is 6.07 Å². The van der Waals surface area contributed by atoms with E-state index in [9.17, 15) is 5.11 Å². The monoisotopic (exact) mass is 191 g/mol. The van der Waals surface area contributed by atoms with E-state index in [-0.39, 0.29) is 0 Å². The quantitative estimate of drug-likeness (QED) is 0.749. The van der Waals surface area contributed by atoms with E-state index in [2.05, 4.69) is 18.3 Å². The van der Waals surface area contributed by atoms with E-state index in [4.69, 9.17) is 0 Å². The summed E-state index contributed by atoms with van der Waals surface area (Å²) in [5.74, 6) is 1.03. The molecule has 0 aromatic heterocycles. The summed E-state index contributed by atoms with van der Waals surface area (Å²) in [5.41, 5.74) is 2.70. The summed E-state index contributed by atoms with van der Waals surface area (Å²) in [4.78, 5) is 0. The van der Waals surface area contributed by atoms with E-state index in [0.717, 1.165) is 19.5 Å². The molecule has 76 valence electrons. The van der Waals surface area contributed by atoms with Crippen LogP contribution < -0.4 is 5.32 Å². The molecule has 1 saturated heterocycles. The van der Waals surface area contributed by atoms with Gasteiger partial charge in [-0.3, -0.25) is 0 Å². The molecule has 0 saturated carbocycles. The molecule has 1 aromatic rings. The van der Waals surface area contributed by atoms with Crippen molar-refractivity contribution in [1.82, 2.24) is 5.32 Å². The summed E-state index contributed by atoms with van der Waals surface area (Å²) in [7, 11) is 0. The van der Waals surface area contributed by atoms with Crippen molar-refractivity contribution in [2.45, 2.75) is 25.7 Å². The first kappa shape index (κ1) is 9.53. The standard InChI is InChI=1S/C12H17NO/c1-2-9-7-11(14)3-4-12(9)10-5-6-13-8-10/h3-4,7,10,13-14H,2,5-6,8H2,1H3/t10-/m1/s1. The van der Waals surface area contributed by atoms with Crippen LogP contribution in [0.4, 0.5) is 0 Å². The lowest BCUT2D eigenvalue weighted by Crippen LogP contribution is -2.09. The van der Waals surface area contributed by atoms with Gasteiger partial charge in [0.15, 0.2) is 0 Å². The van der Waals surface area contributed by atoms with Crippen molar-refractivity contribution in [3.63, 3.8) is 0 Å². The first-order valence-electron chi connectivity index (χ1n) is 5.33. The number of nitrogens with one attached hydrogen (secondary N) is 1. The van der Waals surface area contributed by atoms with Crippen LogP contribution in [0.25, 0.3) is 0 Å². The molecule has 0 amide bonds. The highest BCUT2D eigenvalue weighted by molar-refractivity contribution is 5.37. The van der Waals surface area contributed by atoms with Gasteiger partial charge in [0.25, 0.3) is 0 Å². The number of benzene rings is 1. The van der Waals surface area contributed by atoms with Crippen molar-refractivity contribution in [3.05, 3.63) is 29.3 Å². The van der Waals surface area contributed by atoms with Crippen molar-refractivity contribution < 1.29 is 5.11 Å². The van der Waals surface area contributed by atoms with Crippen molar-refractivity contribution in [1.29, 1.82) is 0 Å². The fourth-order valence-corrected chi connectivity index (χ4v) is 2.22. The van der Waals surface area contributed by atoms with Crippen LogP contribution in [-0.4, -0.2) is 18.2 Å². The molecule has 14 heavy (non-hydrogen) atoms. The average Bonchev–Trinajstić information content (AvgIpc) is 2.70. The summed E-state index contributed by atoms with van der Waals surface area (Å²) in [6.45, 7) is 4.34. The van der Waals surface area contributed by atoms with Crippen LogP contribution in [0.15, 0.2) is 18.2 Å². The van der Waals surface area contributed by atoms with Crippen LogP contribution in [0.3, 0.4) is 0 Å². The van der Waals surface area contributed by atoms with Gasteiger partial charge in [0.1, 0.15) is 5.75 Å². The van der Waals surface area contributed by atoms with E-state index >= 15 is 0 Å². The lowest BCUT2D eigenvalue weighted by atomic mass is 9.92. The zero-order valence-electron chi connectivity index (χ0n) is 8.59. The maximum Gasteiger partial charge on any atom is 0.115 e. The third-order valence-corrected chi connectivity index (χ3v) is 3.01. The Morgan fingerprint density at radius 2 is 2.36 bits per heavy atom. The van der Waals surface area contributed by atoms with Crippen LogP contribution in [0.1, 0.15) is 30.4 Å².